The van der Waals surface area contributed by atoms with Crippen LogP contribution in [0.25, 0.3) is 87.7 Å². The van der Waals surface area contributed by atoms with E-state index in [1.807, 2.05) is 24.3 Å². The van der Waals surface area contributed by atoms with Crippen LogP contribution in [0.15, 0.2) is 251 Å². The fourth-order valence-corrected chi connectivity index (χ4v) is 9.87. The van der Waals surface area contributed by atoms with Gasteiger partial charge in [-0.25, -0.2) is 0 Å². The molecule has 0 aliphatic rings. The Labute approximate surface area is 381 Å². The first-order chi connectivity index (χ1) is 32.7. The Morgan fingerprint density at radius 3 is 1.14 bits per heavy atom. The maximum Gasteiger partial charge on any atom is 0.135 e. The number of hydrogen-bond donors (Lipinski definition) is 0. The highest BCUT2D eigenvalue weighted by Crippen LogP contribution is 2.43. The van der Waals surface area contributed by atoms with Crippen molar-refractivity contribution in [2.45, 2.75) is 0 Å². The predicted octanol–water partition coefficient (Wildman–Crippen LogP) is 18.1. The minimum Gasteiger partial charge on any atom is -0.456 e. The molecule has 0 unspecified atom stereocenters. The Morgan fingerprint density at radius 1 is 0.227 bits per heavy atom. The van der Waals surface area contributed by atoms with Crippen molar-refractivity contribution in [2.24, 2.45) is 0 Å². The van der Waals surface area contributed by atoms with E-state index in [1.54, 1.807) is 0 Å². The van der Waals surface area contributed by atoms with Crippen molar-refractivity contribution in [3.05, 3.63) is 243 Å². The summed E-state index contributed by atoms with van der Waals surface area (Å²) in [7, 11) is 0. The zero-order valence-electron chi connectivity index (χ0n) is 35.8. The molecule has 66 heavy (non-hydrogen) atoms. The normalized spacial score (nSPS) is 11.6. The lowest BCUT2D eigenvalue weighted by Gasteiger charge is -2.26. The van der Waals surface area contributed by atoms with Crippen LogP contribution in [0.2, 0.25) is 0 Å². The van der Waals surface area contributed by atoms with Crippen molar-refractivity contribution < 1.29 is 8.83 Å². The Hall–Kier alpha value is -8.86. The molecule has 310 valence electrons. The van der Waals surface area contributed by atoms with Crippen LogP contribution in [0.4, 0.5) is 34.1 Å². The largest absolute Gasteiger partial charge is 0.456 e. The van der Waals surface area contributed by atoms with Gasteiger partial charge in [-0.05, 0) is 147 Å². The molecule has 4 heteroatoms. The molecule has 0 saturated carbocycles. The molecule has 4 nitrogen and oxygen atoms in total. The summed E-state index contributed by atoms with van der Waals surface area (Å²) in [5, 5.41) is 9.43. The smallest absolute Gasteiger partial charge is 0.135 e. The van der Waals surface area contributed by atoms with Crippen molar-refractivity contribution in [3.8, 4) is 22.3 Å². The molecule has 0 saturated heterocycles. The molecule has 2 heterocycles. The average Bonchev–Trinajstić information content (AvgIpc) is 3.95. The van der Waals surface area contributed by atoms with Crippen LogP contribution in [0.1, 0.15) is 0 Å². The van der Waals surface area contributed by atoms with E-state index in [0.29, 0.717) is 0 Å². The SMILES string of the molecule is c1ccc(N(c2ccc(-c3ccc(N(c4ccc(-c5cc6ccccc6c6ccccc56)cc4)c4ccc5oc6ccccc6c5c4)cc3)cc2)c2ccc3oc4ccccc4c3c2)cc1. The van der Waals surface area contributed by atoms with E-state index >= 15 is 0 Å². The molecule has 0 N–H and O–H groups in total. The molecule has 13 rings (SSSR count). The summed E-state index contributed by atoms with van der Waals surface area (Å²) in [6.45, 7) is 0. The quantitative estimate of drug-likeness (QED) is 0.143. The summed E-state index contributed by atoms with van der Waals surface area (Å²) in [5.74, 6) is 0. The first-order valence-electron chi connectivity index (χ1n) is 22.4. The van der Waals surface area contributed by atoms with Gasteiger partial charge in [0, 0.05) is 55.7 Å². The molecule has 0 aliphatic carbocycles. The first-order valence-corrected chi connectivity index (χ1v) is 22.4. The van der Waals surface area contributed by atoms with Gasteiger partial charge in [0.1, 0.15) is 22.3 Å². The van der Waals surface area contributed by atoms with Crippen molar-refractivity contribution in [3.63, 3.8) is 0 Å². The highest BCUT2D eigenvalue weighted by Gasteiger charge is 2.19. The number of fused-ring (bicyclic) bond motifs is 9. The van der Waals surface area contributed by atoms with Crippen LogP contribution in [0, 0.1) is 0 Å². The molecule has 0 fully saturated rings. The molecule has 0 spiro atoms. The Kier molecular flexibility index (Phi) is 8.81. The number of benzene rings is 11. The number of rotatable bonds is 8. The van der Waals surface area contributed by atoms with E-state index in [9.17, 15) is 0 Å². The fraction of sp³-hybridized carbons (Fsp3) is 0. The maximum atomic E-state index is 6.27. The molecular weight excluding hydrogens is 805 g/mol. The van der Waals surface area contributed by atoms with Crippen molar-refractivity contribution in [1.82, 2.24) is 0 Å². The monoisotopic (exact) mass is 844 g/mol. The van der Waals surface area contributed by atoms with Crippen LogP contribution in [0.3, 0.4) is 0 Å². The van der Waals surface area contributed by atoms with Crippen molar-refractivity contribution in [2.75, 3.05) is 9.80 Å². The number of anilines is 6. The van der Waals surface area contributed by atoms with Gasteiger partial charge in [0.2, 0.25) is 0 Å². The van der Waals surface area contributed by atoms with Gasteiger partial charge in [-0.15, -0.1) is 0 Å². The molecule has 0 atom stereocenters. The van der Waals surface area contributed by atoms with E-state index in [1.165, 1.54) is 32.7 Å². The molecule has 13 aromatic rings. The van der Waals surface area contributed by atoms with E-state index in [-0.39, 0.29) is 0 Å². The van der Waals surface area contributed by atoms with Gasteiger partial charge in [0.25, 0.3) is 0 Å². The minimum absolute atomic E-state index is 0.874. The second kappa shape index (κ2) is 15.4. The summed E-state index contributed by atoms with van der Waals surface area (Å²) in [6, 6.07) is 86.5. The number of furan rings is 2. The second-order valence-electron chi connectivity index (χ2n) is 16.9. The van der Waals surface area contributed by atoms with Gasteiger partial charge < -0.3 is 18.6 Å². The summed E-state index contributed by atoms with van der Waals surface area (Å²) < 4.78 is 12.5. The van der Waals surface area contributed by atoms with Gasteiger partial charge >= 0.3 is 0 Å². The summed E-state index contributed by atoms with van der Waals surface area (Å²) in [5.41, 5.74) is 14.6. The molecular formula is C62H40N2O2. The van der Waals surface area contributed by atoms with Crippen molar-refractivity contribution in [1.29, 1.82) is 0 Å². The highest BCUT2D eigenvalue weighted by atomic mass is 16.3. The zero-order chi connectivity index (χ0) is 43.6. The fourth-order valence-electron chi connectivity index (χ4n) is 9.87. The van der Waals surface area contributed by atoms with E-state index in [0.717, 1.165) is 89.1 Å². The van der Waals surface area contributed by atoms with Crippen LogP contribution in [0.5, 0.6) is 0 Å². The lowest BCUT2D eigenvalue weighted by molar-refractivity contribution is 0.668. The highest BCUT2D eigenvalue weighted by molar-refractivity contribution is 6.14. The second-order valence-corrected chi connectivity index (χ2v) is 16.9. The molecule has 2 aromatic heterocycles. The standard InChI is InChI=1S/C62H40N2O2/c1-2-13-45(14-3-1)63(49-34-36-61-57(39-49)54-18-8-10-20-59(54)65-61)46-28-22-41(23-29-46)42-24-30-47(31-25-42)64(50-35-37-62-58(40-50)55-19-9-11-21-60(55)66-62)48-32-26-43(27-33-48)56-38-44-12-4-5-15-51(44)52-16-6-7-17-53(52)56/h1-40H. The molecule has 11 aromatic carbocycles. The van der Waals surface area contributed by atoms with E-state index < -0.39 is 0 Å². The molecule has 0 amide bonds. The van der Waals surface area contributed by atoms with E-state index in [4.69, 9.17) is 8.83 Å². The van der Waals surface area contributed by atoms with Gasteiger partial charge in [-0.3, -0.25) is 0 Å². The maximum absolute atomic E-state index is 6.27. The summed E-state index contributed by atoms with van der Waals surface area (Å²) >= 11 is 0. The molecule has 0 radical (unpaired) electrons. The van der Waals surface area contributed by atoms with Crippen molar-refractivity contribution >= 4 is 99.5 Å². The van der Waals surface area contributed by atoms with Crippen LogP contribution >= 0.6 is 0 Å². The summed E-state index contributed by atoms with van der Waals surface area (Å²) in [6.07, 6.45) is 0. The third-order valence-corrected chi connectivity index (χ3v) is 13.0. The van der Waals surface area contributed by atoms with Crippen LogP contribution in [-0.4, -0.2) is 0 Å². The lowest BCUT2D eigenvalue weighted by atomic mass is 9.93. The Morgan fingerprint density at radius 2 is 0.606 bits per heavy atom. The third-order valence-electron chi connectivity index (χ3n) is 13.0. The van der Waals surface area contributed by atoms with Crippen LogP contribution in [-0.2, 0) is 0 Å². The Balaban J connectivity index is 0.870. The number of nitrogens with zero attached hydrogens (tertiary/aromatic N) is 2. The first kappa shape index (κ1) is 37.7. The van der Waals surface area contributed by atoms with Gasteiger partial charge in [0.05, 0.1) is 0 Å². The lowest BCUT2D eigenvalue weighted by Crippen LogP contribution is -2.10. The number of hydrogen-bond acceptors (Lipinski definition) is 4. The third kappa shape index (κ3) is 6.38. The number of para-hydroxylation sites is 3. The Bertz CT molecular complexity index is 3920. The predicted molar refractivity (Wildman–Crippen MR) is 276 cm³/mol. The topological polar surface area (TPSA) is 32.8 Å². The molecule has 0 aliphatic heterocycles. The van der Waals surface area contributed by atoms with E-state index in [2.05, 4.69) is 228 Å². The molecule has 0 bridgehead atoms. The summed E-state index contributed by atoms with van der Waals surface area (Å²) in [4.78, 5) is 4.65. The van der Waals surface area contributed by atoms with Gasteiger partial charge in [-0.2, -0.15) is 0 Å². The van der Waals surface area contributed by atoms with Gasteiger partial charge in [0.15, 0.2) is 0 Å². The van der Waals surface area contributed by atoms with Gasteiger partial charge in [-0.1, -0.05) is 140 Å². The zero-order valence-corrected chi connectivity index (χ0v) is 35.8. The van der Waals surface area contributed by atoms with Crippen LogP contribution < -0.4 is 9.80 Å². The minimum atomic E-state index is 0.874. The average molecular weight is 845 g/mol.